The summed E-state index contributed by atoms with van der Waals surface area (Å²) in [4.78, 5) is 14.0. The first-order valence-electron chi connectivity index (χ1n) is 5.76. The van der Waals surface area contributed by atoms with Crippen LogP contribution in [0, 0.1) is 0 Å². The maximum atomic E-state index is 11.1. The molecule has 1 saturated carbocycles. The van der Waals surface area contributed by atoms with E-state index < -0.39 is 5.97 Å². The maximum absolute atomic E-state index is 11.1. The van der Waals surface area contributed by atoms with Gasteiger partial charge in [-0.2, -0.15) is 0 Å². The molecule has 0 radical (unpaired) electrons. The average molecular weight is 227 g/mol. The van der Waals surface area contributed by atoms with Crippen molar-refractivity contribution in [2.45, 2.75) is 18.8 Å². The topological polar surface area (TPSA) is 53.1 Å². The van der Waals surface area contributed by atoms with Crippen LogP contribution >= 0.6 is 0 Å². The van der Waals surface area contributed by atoms with Gasteiger partial charge in [-0.05, 0) is 29.9 Å². The molecule has 1 fully saturated rings. The third-order valence-electron chi connectivity index (χ3n) is 3.24. The van der Waals surface area contributed by atoms with E-state index >= 15 is 0 Å². The first kappa shape index (κ1) is 10.1. The highest BCUT2D eigenvalue weighted by Crippen LogP contribution is 2.44. The highest BCUT2D eigenvalue weighted by molar-refractivity contribution is 5.96. The molecule has 0 amide bonds. The molecule has 1 aromatic carbocycles. The molecule has 1 heterocycles. The first-order valence-corrected chi connectivity index (χ1v) is 5.76. The number of aromatic amines is 1. The van der Waals surface area contributed by atoms with Crippen molar-refractivity contribution in [2.75, 3.05) is 0 Å². The minimum absolute atomic E-state index is 0.345. The molecule has 0 spiro atoms. The number of carboxylic acids is 1. The number of nitrogens with one attached hydrogen (secondary N) is 1. The summed E-state index contributed by atoms with van der Waals surface area (Å²) in [6, 6.07) is 8.08. The van der Waals surface area contributed by atoms with E-state index in [1.165, 1.54) is 18.4 Å². The number of carboxylic acid groups (broad SMARTS) is 1. The zero-order valence-electron chi connectivity index (χ0n) is 9.31. The van der Waals surface area contributed by atoms with Gasteiger partial charge in [-0.25, -0.2) is 4.79 Å². The third kappa shape index (κ3) is 1.73. The van der Waals surface area contributed by atoms with Gasteiger partial charge in [0.1, 0.15) is 0 Å². The van der Waals surface area contributed by atoms with Crippen molar-refractivity contribution in [3.05, 3.63) is 47.8 Å². The fourth-order valence-electron chi connectivity index (χ4n) is 2.26. The Morgan fingerprint density at radius 3 is 2.65 bits per heavy atom. The van der Waals surface area contributed by atoms with Crippen LogP contribution in [0.2, 0.25) is 0 Å². The van der Waals surface area contributed by atoms with Gasteiger partial charge in [0, 0.05) is 18.0 Å². The van der Waals surface area contributed by atoms with E-state index in [1.807, 2.05) is 18.2 Å². The molecule has 1 aliphatic rings. The van der Waals surface area contributed by atoms with E-state index in [0.29, 0.717) is 11.5 Å². The molecule has 2 aromatic rings. The van der Waals surface area contributed by atoms with Gasteiger partial charge in [0.25, 0.3) is 0 Å². The predicted molar refractivity (Wildman–Crippen MR) is 65.2 cm³/mol. The summed E-state index contributed by atoms with van der Waals surface area (Å²) in [5.74, 6) is -0.269. The molecule has 3 rings (SSSR count). The second-order valence-electron chi connectivity index (χ2n) is 4.45. The Bertz CT molecular complexity index is 567. The van der Waals surface area contributed by atoms with Crippen LogP contribution < -0.4 is 0 Å². The van der Waals surface area contributed by atoms with Gasteiger partial charge in [-0.15, -0.1) is 0 Å². The van der Waals surface area contributed by atoms with Crippen LogP contribution in [-0.2, 0) is 0 Å². The molecular formula is C14H13NO2. The Labute approximate surface area is 99.1 Å². The van der Waals surface area contributed by atoms with Gasteiger partial charge in [0.05, 0.1) is 5.56 Å². The number of H-pyrrole nitrogens is 1. The van der Waals surface area contributed by atoms with Crippen molar-refractivity contribution in [3.8, 4) is 11.1 Å². The second-order valence-corrected chi connectivity index (χ2v) is 4.45. The first-order chi connectivity index (χ1) is 8.27. The van der Waals surface area contributed by atoms with Crippen molar-refractivity contribution in [1.29, 1.82) is 0 Å². The number of aromatic nitrogens is 1. The molecular weight excluding hydrogens is 214 g/mol. The maximum Gasteiger partial charge on any atom is 0.337 e. The SMILES string of the molecule is O=C(O)c1c[nH]cc1-c1ccccc1C1CC1. The van der Waals surface area contributed by atoms with E-state index in [2.05, 4.69) is 11.1 Å². The zero-order chi connectivity index (χ0) is 11.8. The van der Waals surface area contributed by atoms with Crippen molar-refractivity contribution in [3.63, 3.8) is 0 Å². The molecule has 0 aliphatic heterocycles. The van der Waals surface area contributed by atoms with Crippen LogP contribution in [0.5, 0.6) is 0 Å². The minimum atomic E-state index is -0.883. The Morgan fingerprint density at radius 1 is 1.18 bits per heavy atom. The van der Waals surface area contributed by atoms with Crippen LogP contribution in [0.15, 0.2) is 36.7 Å². The molecule has 0 unspecified atom stereocenters. The standard InChI is InChI=1S/C14H13NO2/c16-14(17)13-8-15-7-12(13)11-4-2-1-3-10(11)9-5-6-9/h1-4,7-9,15H,5-6H2,(H,16,17). The smallest absolute Gasteiger partial charge is 0.337 e. The summed E-state index contributed by atoms with van der Waals surface area (Å²) in [6.07, 6.45) is 5.74. The number of hydrogen-bond donors (Lipinski definition) is 2. The Kier molecular flexibility index (Phi) is 2.25. The van der Waals surface area contributed by atoms with Crippen LogP contribution in [0.1, 0.15) is 34.7 Å². The van der Waals surface area contributed by atoms with Crippen LogP contribution in [-0.4, -0.2) is 16.1 Å². The molecule has 1 aromatic heterocycles. The molecule has 0 bridgehead atoms. The number of carbonyl (C=O) groups is 1. The predicted octanol–water partition coefficient (Wildman–Crippen LogP) is 3.26. The van der Waals surface area contributed by atoms with Crippen LogP contribution in [0.4, 0.5) is 0 Å². The Morgan fingerprint density at radius 2 is 1.94 bits per heavy atom. The normalized spacial score (nSPS) is 14.8. The molecule has 3 nitrogen and oxygen atoms in total. The Balaban J connectivity index is 2.14. The van der Waals surface area contributed by atoms with Gasteiger partial charge in [0.15, 0.2) is 0 Å². The highest BCUT2D eigenvalue weighted by atomic mass is 16.4. The minimum Gasteiger partial charge on any atom is -0.478 e. The lowest BCUT2D eigenvalue weighted by molar-refractivity contribution is 0.0698. The number of hydrogen-bond acceptors (Lipinski definition) is 1. The number of rotatable bonds is 3. The largest absolute Gasteiger partial charge is 0.478 e. The van der Waals surface area contributed by atoms with Gasteiger partial charge in [-0.3, -0.25) is 0 Å². The molecule has 0 atom stereocenters. The third-order valence-corrected chi connectivity index (χ3v) is 3.24. The van der Waals surface area contributed by atoms with E-state index in [1.54, 1.807) is 12.4 Å². The van der Waals surface area contributed by atoms with Crippen molar-refractivity contribution < 1.29 is 9.90 Å². The van der Waals surface area contributed by atoms with Gasteiger partial charge < -0.3 is 10.1 Å². The average Bonchev–Trinajstić information content (AvgIpc) is 3.06. The summed E-state index contributed by atoms with van der Waals surface area (Å²) >= 11 is 0. The van der Waals surface area contributed by atoms with Crippen molar-refractivity contribution in [2.24, 2.45) is 0 Å². The van der Waals surface area contributed by atoms with E-state index in [4.69, 9.17) is 5.11 Å². The lowest BCUT2D eigenvalue weighted by Gasteiger charge is -2.07. The van der Waals surface area contributed by atoms with Gasteiger partial charge in [-0.1, -0.05) is 24.3 Å². The zero-order valence-corrected chi connectivity index (χ0v) is 9.31. The monoisotopic (exact) mass is 227 g/mol. The van der Waals surface area contributed by atoms with Crippen LogP contribution in [0.25, 0.3) is 11.1 Å². The Hall–Kier alpha value is -2.03. The summed E-state index contributed by atoms with van der Waals surface area (Å²) in [5.41, 5.74) is 3.46. The van der Waals surface area contributed by atoms with Gasteiger partial charge >= 0.3 is 5.97 Å². The number of aromatic carboxylic acids is 1. The summed E-state index contributed by atoms with van der Waals surface area (Å²) < 4.78 is 0. The fraction of sp³-hybridized carbons (Fsp3) is 0.214. The second kappa shape index (κ2) is 3.77. The van der Waals surface area contributed by atoms with Crippen molar-refractivity contribution in [1.82, 2.24) is 4.98 Å². The van der Waals surface area contributed by atoms with E-state index in [9.17, 15) is 4.79 Å². The van der Waals surface area contributed by atoms with E-state index in [-0.39, 0.29) is 0 Å². The summed E-state index contributed by atoms with van der Waals surface area (Å²) in [6.45, 7) is 0. The van der Waals surface area contributed by atoms with Gasteiger partial charge in [0.2, 0.25) is 0 Å². The van der Waals surface area contributed by atoms with E-state index in [0.717, 1.165) is 11.1 Å². The summed E-state index contributed by atoms with van der Waals surface area (Å²) in [7, 11) is 0. The lowest BCUT2D eigenvalue weighted by atomic mass is 9.96. The molecule has 86 valence electrons. The molecule has 1 aliphatic carbocycles. The molecule has 2 N–H and O–H groups in total. The molecule has 17 heavy (non-hydrogen) atoms. The van der Waals surface area contributed by atoms with Crippen LogP contribution in [0.3, 0.4) is 0 Å². The fourth-order valence-corrected chi connectivity index (χ4v) is 2.26. The van der Waals surface area contributed by atoms with Crippen molar-refractivity contribution >= 4 is 5.97 Å². The number of benzene rings is 1. The molecule has 3 heteroatoms. The highest BCUT2D eigenvalue weighted by Gasteiger charge is 2.27. The lowest BCUT2D eigenvalue weighted by Crippen LogP contribution is -1.97. The molecule has 0 saturated heterocycles. The quantitative estimate of drug-likeness (QED) is 0.845. The summed E-state index contributed by atoms with van der Waals surface area (Å²) in [5, 5.41) is 9.14.